The van der Waals surface area contributed by atoms with Crippen molar-refractivity contribution in [1.82, 2.24) is 10.2 Å². The molecule has 1 unspecified atom stereocenters. The number of rotatable bonds is 1. The maximum atomic E-state index is 4.06. The van der Waals surface area contributed by atoms with Crippen LogP contribution in [0.5, 0.6) is 0 Å². The average molecular weight is 196 g/mol. The summed E-state index contributed by atoms with van der Waals surface area (Å²) < 4.78 is 0. The van der Waals surface area contributed by atoms with E-state index in [1.165, 1.54) is 16.8 Å². The van der Waals surface area contributed by atoms with Crippen molar-refractivity contribution in [3.05, 3.63) is 59.4 Å². The molecular weight excluding hydrogens is 184 g/mol. The first-order valence-electron chi connectivity index (χ1n) is 5.19. The SMILES string of the molecule is C1=CC(c2ccccc2)Cc2[nH]ncc21. The van der Waals surface area contributed by atoms with Gasteiger partial charge in [0.05, 0.1) is 6.20 Å². The lowest BCUT2D eigenvalue weighted by Gasteiger charge is -2.16. The highest BCUT2D eigenvalue weighted by atomic mass is 15.1. The van der Waals surface area contributed by atoms with Crippen molar-refractivity contribution in [2.24, 2.45) is 0 Å². The summed E-state index contributed by atoms with van der Waals surface area (Å²) in [6.45, 7) is 0. The van der Waals surface area contributed by atoms with Gasteiger partial charge < -0.3 is 0 Å². The second-order valence-corrected chi connectivity index (χ2v) is 3.88. The van der Waals surface area contributed by atoms with Gasteiger partial charge in [0.1, 0.15) is 0 Å². The van der Waals surface area contributed by atoms with E-state index in [0.717, 1.165) is 6.42 Å². The largest absolute Gasteiger partial charge is 0.282 e. The van der Waals surface area contributed by atoms with Gasteiger partial charge >= 0.3 is 0 Å². The van der Waals surface area contributed by atoms with Crippen LogP contribution in [-0.2, 0) is 6.42 Å². The first-order chi connectivity index (χ1) is 7.43. The lowest BCUT2D eigenvalue weighted by Crippen LogP contribution is -2.04. The van der Waals surface area contributed by atoms with E-state index in [1.807, 2.05) is 6.20 Å². The summed E-state index contributed by atoms with van der Waals surface area (Å²) in [5.41, 5.74) is 3.84. The summed E-state index contributed by atoms with van der Waals surface area (Å²) in [7, 11) is 0. The zero-order valence-corrected chi connectivity index (χ0v) is 8.35. The molecule has 1 atom stereocenters. The number of aromatic nitrogens is 2. The Hall–Kier alpha value is -1.83. The Morgan fingerprint density at radius 1 is 1.20 bits per heavy atom. The van der Waals surface area contributed by atoms with E-state index < -0.39 is 0 Å². The Morgan fingerprint density at radius 2 is 2.07 bits per heavy atom. The van der Waals surface area contributed by atoms with Crippen molar-refractivity contribution in [1.29, 1.82) is 0 Å². The monoisotopic (exact) mass is 196 g/mol. The molecular formula is C13H12N2. The van der Waals surface area contributed by atoms with Crippen LogP contribution in [0.15, 0.2) is 42.6 Å². The Labute approximate surface area is 88.7 Å². The number of fused-ring (bicyclic) bond motifs is 1. The molecule has 3 rings (SSSR count). The molecule has 2 heteroatoms. The average Bonchev–Trinajstić information content (AvgIpc) is 2.77. The molecule has 2 aromatic rings. The number of benzene rings is 1. The second-order valence-electron chi connectivity index (χ2n) is 3.88. The van der Waals surface area contributed by atoms with E-state index in [2.05, 4.69) is 52.7 Å². The first kappa shape index (κ1) is 8.48. The van der Waals surface area contributed by atoms with Gasteiger partial charge in [0.2, 0.25) is 0 Å². The van der Waals surface area contributed by atoms with Crippen LogP contribution in [0.4, 0.5) is 0 Å². The van der Waals surface area contributed by atoms with Gasteiger partial charge in [-0.05, 0) is 5.56 Å². The summed E-state index contributed by atoms with van der Waals surface area (Å²) in [5.74, 6) is 0.485. The molecule has 1 aromatic carbocycles. The van der Waals surface area contributed by atoms with E-state index in [0.29, 0.717) is 5.92 Å². The van der Waals surface area contributed by atoms with Crippen molar-refractivity contribution >= 4 is 6.08 Å². The van der Waals surface area contributed by atoms with E-state index >= 15 is 0 Å². The maximum Gasteiger partial charge on any atom is 0.0562 e. The lowest BCUT2D eigenvalue weighted by molar-refractivity contribution is 0.794. The van der Waals surface area contributed by atoms with Gasteiger partial charge in [0, 0.05) is 23.6 Å². The molecule has 2 nitrogen and oxygen atoms in total. The zero-order chi connectivity index (χ0) is 10.1. The van der Waals surface area contributed by atoms with Gasteiger partial charge in [0.25, 0.3) is 0 Å². The fraction of sp³-hybridized carbons (Fsp3) is 0.154. The summed E-state index contributed by atoms with van der Waals surface area (Å²) in [4.78, 5) is 0. The number of hydrogen-bond acceptors (Lipinski definition) is 1. The van der Waals surface area contributed by atoms with Crippen LogP contribution >= 0.6 is 0 Å². The summed E-state index contributed by atoms with van der Waals surface area (Å²) in [6, 6.07) is 10.6. The quantitative estimate of drug-likeness (QED) is 0.746. The molecule has 1 aliphatic rings. The topological polar surface area (TPSA) is 28.7 Å². The van der Waals surface area contributed by atoms with Crippen LogP contribution < -0.4 is 0 Å². The minimum Gasteiger partial charge on any atom is -0.282 e. The minimum absolute atomic E-state index is 0.485. The number of nitrogens with one attached hydrogen (secondary N) is 1. The molecule has 1 aromatic heterocycles. The zero-order valence-electron chi connectivity index (χ0n) is 8.35. The van der Waals surface area contributed by atoms with Crippen molar-refractivity contribution in [3.63, 3.8) is 0 Å². The van der Waals surface area contributed by atoms with Gasteiger partial charge in [-0.25, -0.2) is 0 Å². The standard InChI is InChI=1S/C13H12N2/c1-2-4-10(5-3-1)11-6-7-12-9-14-15-13(12)8-11/h1-7,9,11H,8H2,(H,14,15). The number of allylic oxidation sites excluding steroid dienone is 1. The summed E-state index contributed by atoms with van der Waals surface area (Å²) in [6.07, 6.45) is 7.32. The molecule has 0 saturated carbocycles. The van der Waals surface area contributed by atoms with E-state index in [4.69, 9.17) is 0 Å². The number of aromatic amines is 1. The maximum absolute atomic E-state index is 4.06. The molecule has 0 saturated heterocycles. The molecule has 0 aliphatic heterocycles. The fourth-order valence-corrected chi connectivity index (χ4v) is 2.07. The highest BCUT2D eigenvalue weighted by molar-refractivity contribution is 5.56. The number of nitrogens with zero attached hydrogens (tertiary/aromatic N) is 1. The van der Waals surface area contributed by atoms with Crippen LogP contribution in [0.1, 0.15) is 22.7 Å². The fourth-order valence-electron chi connectivity index (χ4n) is 2.07. The molecule has 0 spiro atoms. The molecule has 1 heterocycles. The van der Waals surface area contributed by atoms with Crippen LogP contribution in [0.3, 0.4) is 0 Å². The predicted molar refractivity (Wildman–Crippen MR) is 60.5 cm³/mol. The van der Waals surface area contributed by atoms with E-state index in [9.17, 15) is 0 Å². The molecule has 0 amide bonds. The van der Waals surface area contributed by atoms with Crippen LogP contribution in [0.2, 0.25) is 0 Å². The Morgan fingerprint density at radius 3 is 2.93 bits per heavy atom. The van der Waals surface area contributed by atoms with E-state index in [1.54, 1.807) is 0 Å². The van der Waals surface area contributed by atoms with Gasteiger partial charge in [0.15, 0.2) is 0 Å². The summed E-state index contributed by atoms with van der Waals surface area (Å²) in [5, 5.41) is 7.11. The third kappa shape index (κ3) is 1.48. The highest BCUT2D eigenvalue weighted by Gasteiger charge is 2.16. The first-order valence-corrected chi connectivity index (χ1v) is 5.19. The van der Waals surface area contributed by atoms with Crippen LogP contribution in [0.25, 0.3) is 6.08 Å². The molecule has 15 heavy (non-hydrogen) atoms. The molecule has 0 fully saturated rings. The van der Waals surface area contributed by atoms with Crippen molar-refractivity contribution in [3.8, 4) is 0 Å². The number of hydrogen-bond donors (Lipinski definition) is 1. The van der Waals surface area contributed by atoms with E-state index in [-0.39, 0.29) is 0 Å². The van der Waals surface area contributed by atoms with Crippen molar-refractivity contribution in [2.45, 2.75) is 12.3 Å². The molecule has 0 radical (unpaired) electrons. The molecule has 74 valence electrons. The molecule has 0 bridgehead atoms. The lowest BCUT2D eigenvalue weighted by atomic mass is 9.89. The van der Waals surface area contributed by atoms with Crippen molar-refractivity contribution in [2.75, 3.05) is 0 Å². The van der Waals surface area contributed by atoms with Crippen LogP contribution in [-0.4, -0.2) is 10.2 Å². The highest BCUT2D eigenvalue weighted by Crippen LogP contribution is 2.28. The molecule has 1 N–H and O–H groups in total. The molecule has 1 aliphatic carbocycles. The Kier molecular flexibility index (Phi) is 1.91. The smallest absolute Gasteiger partial charge is 0.0562 e. The Balaban J connectivity index is 1.94. The number of H-pyrrole nitrogens is 1. The predicted octanol–water partition coefficient (Wildman–Crippen LogP) is 2.76. The normalized spacial score (nSPS) is 18.8. The third-order valence-electron chi connectivity index (χ3n) is 2.91. The van der Waals surface area contributed by atoms with Gasteiger partial charge in [-0.2, -0.15) is 5.10 Å². The van der Waals surface area contributed by atoms with Crippen molar-refractivity contribution < 1.29 is 0 Å². The third-order valence-corrected chi connectivity index (χ3v) is 2.91. The minimum atomic E-state index is 0.485. The Bertz CT molecular complexity index is 482. The second kappa shape index (κ2) is 3.39. The van der Waals surface area contributed by atoms with Gasteiger partial charge in [-0.1, -0.05) is 42.5 Å². The summed E-state index contributed by atoms with van der Waals surface area (Å²) >= 11 is 0. The van der Waals surface area contributed by atoms with Crippen LogP contribution in [0, 0.1) is 0 Å². The van der Waals surface area contributed by atoms with Gasteiger partial charge in [-0.15, -0.1) is 0 Å². The van der Waals surface area contributed by atoms with Gasteiger partial charge in [-0.3, -0.25) is 5.10 Å².